The topological polar surface area (TPSA) is 90.7 Å². The molecule has 2 N–H and O–H groups in total. The zero-order valence-electron chi connectivity index (χ0n) is 12.8. The summed E-state index contributed by atoms with van der Waals surface area (Å²) in [5, 5.41) is 16.4. The van der Waals surface area contributed by atoms with E-state index in [1.165, 1.54) is 17.7 Å². The Labute approximate surface area is 142 Å². The number of anilines is 4. The largest absolute Gasteiger partial charge is 0.351 e. The number of rotatable bonds is 4. The second kappa shape index (κ2) is 6.89. The second-order valence-corrected chi connectivity index (χ2v) is 5.81. The zero-order valence-corrected chi connectivity index (χ0v) is 13.6. The number of nitrogens with zero attached hydrogens (tertiary/aromatic N) is 3. The molecule has 0 amide bonds. The Morgan fingerprint density at radius 3 is 2.75 bits per heavy atom. The fourth-order valence-electron chi connectivity index (χ4n) is 2.08. The van der Waals surface area contributed by atoms with Crippen LogP contribution in [-0.4, -0.2) is 9.36 Å². The first-order chi connectivity index (χ1) is 11.7. The van der Waals surface area contributed by atoms with Crippen molar-refractivity contribution in [3.8, 4) is 6.07 Å². The highest BCUT2D eigenvalue weighted by molar-refractivity contribution is 7.10. The Kier molecular flexibility index (Phi) is 4.50. The zero-order chi connectivity index (χ0) is 16.9. The first-order valence-corrected chi connectivity index (χ1v) is 7.90. The quantitative estimate of drug-likeness (QED) is 0.757. The molecular weight excluding hydrogens is 322 g/mol. The highest BCUT2D eigenvalue weighted by atomic mass is 32.1. The normalized spacial score (nSPS) is 10.0. The maximum absolute atomic E-state index is 11.9. The summed E-state index contributed by atoms with van der Waals surface area (Å²) in [6.07, 6.45) is 1.45. The summed E-state index contributed by atoms with van der Waals surface area (Å²) in [6.45, 7) is 1.91. The Morgan fingerprint density at radius 2 is 2.00 bits per heavy atom. The minimum Gasteiger partial charge on any atom is -0.351 e. The van der Waals surface area contributed by atoms with Crippen molar-refractivity contribution in [2.45, 2.75) is 6.92 Å². The van der Waals surface area contributed by atoms with Crippen LogP contribution in [0.3, 0.4) is 0 Å². The molecule has 0 saturated heterocycles. The predicted octanol–water partition coefficient (Wildman–Crippen LogP) is 3.57. The molecule has 0 aliphatic heterocycles. The van der Waals surface area contributed by atoms with Crippen molar-refractivity contribution in [1.29, 1.82) is 5.26 Å². The van der Waals surface area contributed by atoms with Crippen LogP contribution in [0, 0.1) is 18.3 Å². The molecule has 0 atom stereocenters. The number of hydrogen-bond donors (Lipinski definition) is 2. The average Bonchev–Trinajstić information content (AvgIpc) is 2.87. The van der Waals surface area contributed by atoms with E-state index >= 15 is 0 Å². The van der Waals surface area contributed by atoms with Gasteiger partial charge in [0, 0.05) is 11.9 Å². The lowest BCUT2D eigenvalue weighted by molar-refractivity contribution is 1.27. The molecule has 118 valence electrons. The van der Waals surface area contributed by atoms with Gasteiger partial charge in [0.1, 0.15) is 16.8 Å². The summed E-state index contributed by atoms with van der Waals surface area (Å²) in [4.78, 5) is 15.6. The molecule has 1 aromatic carbocycles. The van der Waals surface area contributed by atoms with Crippen LogP contribution in [0.4, 0.5) is 22.1 Å². The molecule has 3 rings (SSSR count). The summed E-state index contributed by atoms with van der Waals surface area (Å²) in [6, 6.07) is 14.4. The molecule has 6 nitrogen and oxygen atoms in total. The van der Waals surface area contributed by atoms with E-state index in [1.807, 2.05) is 13.0 Å². The smallest absolute Gasteiger partial charge is 0.293 e. The molecule has 0 saturated carbocycles. The molecule has 2 heterocycles. The lowest BCUT2D eigenvalue weighted by Crippen LogP contribution is -2.07. The van der Waals surface area contributed by atoms with Gasteiger partial charge in [-0.25, -0.2) is 4.98 Å². The molecule has 0 radical (unpaired) electrons. The molecule has 24 heavy (non-hydrogen) atoms. The number of nitrogens with one attached hydrogen (secondary N) is 2. The van der Waals surface area contributed by atoms with Crippen LogP contribution in [0.2, 0.25) is 0 Å². The van der Waals surface area contributed by atoms with E-state index in [9.17, 15) is 10.1 Å². The summed E-state index contributed by atoms with van der Waals surface area (Å²) >= 11 is 1.32. The molecule has 0 spiro atoms. The van der Waals surface area contributed by atoms with Gasteiger partial charge in [0.15, 0.2) is 0 Å². The summed E-state index contributed by atoms with van der Waals surface area (Å²) in [7, 11) is 0. The molecule has 2 aromatic heterocycles. The minimum absolute atomic E-state index is 0.350. The van der Waals surface area contributed by atoms with Crippen LogP contribution in [0.1, 0.15) is 11.3 Å². The van der Waals surface area contributed by atoms with Crippen molar-refractivity contribution in [2.75, 3.05) is 10.6 Å². The van der Waals surface area contributed by atoms with Gasteiger partial charge in [-0.1, -0.05) is 6.07 Å². The number of aromatic nitrogens is 2. The van der Waals surface area contributed by atoms with E-state index in [0.29, 0.717) is 22.6 Å². The molecule has 0 fully saturated rings. The average molecular weight is 335 g/mol. The third-order valence-electron chi connectivity index (χ3n) is 3.19. The molecule has 0 aliphatic carbocycles. The van der Waals surface area contributed by atoms with E-state index in [4.69, 9.17) is 0 Å². The van der Waals surface area contributed by atoms with E-state index in [2.05, 4.69) is 26.1 Å². The molecule has 7 heteroatoms. The van der Waals surface area contributed by atoms with Crippen molar-refractivity contribution >= 4 is 33.6 Å². The van der Waals surface area contributed by atoms with Crippen LogP contribution >= 0.6 is 11.5 Å². The van der Waals surface area contributed by atoms with Gasteiger partial charge in [-0.2, -0.15) is 9.64 Å². The third-order valence-corrected chi connectivity index (χ3v) is 3.98. The second-order valence-electron chi connectivity index (χ2n) is 5.00. The lowest BCUT2D eigenvalue weighted by atomic mass is 10.1. The highest BCUT2D eigenvalue weighted by Gasteiger charge is 2.07. The van der Waals surface area contributed by atoms with Crippen LogP contribution in [0.25, 0.3) is 0 Å². The Balaban J connectivity index is 1.93. The molecular formula is C17H13N5OS. The van der Waals surface area contributed by atoms with Gasteiger partial charge in [-0.15, -0.1) is 0 Å². The Morgan fingerprint density at radius 1 is 1.12 bits per heavy atom. The first-order valence-electron chi connectivity index (χ1n) is 7.12. The number of aryl methyl sites for hydroxylation is 1. The number of benzene rings is 1. The van der Waals surface area contributed by atoms with E-state index in [1.54, 1.807) is 36.4 Å². The molecule has 0 bridgehead atoms. The fraction of sp³-hybridized carbons (Fsp3) is 0.0588. The van der Waals surface area contributed by atoms with Crippen molar-refractivity contribution in [2.24, 2.45) is 0 Å². The van der Waals surface area contributed by atoms with Gasteiger partial charge in [0.05, 0.1) is 16.9 Å². The van der Waals surface area contributed by atoms with Gasteiger partial charge < -0.3 is 10.6 Å². The fourth-order valence-corrected chi connectivity index (χ4v) is 2.76. The van der Waals surface area contributed by atoms with E-state index < -0.39 is 0 Å². The van der Waals surface area contributed by atoms with Crippen LogP contribution in [0.15, 0.2) is 53.5 Å². The SMILES string of the molecule is Cc1cc(Nc2cc(Nc3ccccnc3=O)ccc2C#N)sn1. The third kappa shape index (κ3) is 3.56. The van der Waals surface area contributed by atoms with E-state index in [0.717, 1.165) is 10.7 Å². The minimum atomic E-state index is -0.350. The maximum Gasteiger partial charge on any atom is 0.293 e. The number of hydrogen-bond acceptors (Lipinski definition) is 7. The van der Waals surface area contributed by atoms with Gasteiger partial charge in [0.2, 0.25) is 0 Å². The van der Waals surface area contributed by atoms with Crippen LogP contribution in [-0.2, 0) is 0 Å². The molecule has 0 unspecified atom stereocenters. The molecule has 0 aliphatic rings. The maximum atomic E-state index is 11.9. The van der Waals surface area contributed by atoms with Gasteiger partial charge in [-0.05, 0) is 54.9 Å². The predicted molar refractivity (Wildman–Crippen MR) is 95.1 cm³/mol. The summed E-state index contributed by atoms with van der Waals surface area (Å²) < 4.78 is 4.21. The van der Waals surface area contributed by atoms with Crippen molar-refractivity contribution in [1.82, 2.24) is 9.36 Å². The highest BCUT2D eigenvalue weighted by Crippen LogP contribution is 2.27. The monoisotopic (exact) mass is 335 g/mol. The summed E-state index contributed by atoms with van der Waals surface area (Å²) in [5.41, 5.74) is 2.76. The first kappa shape index (κ1) is 15.6. The number of nitriles is 1. The van der Waals surface area contributed by atoms with Crippen molar-refractivity contribution < 1.29 is 0 Å². The van der Waals surface area contributed by atoms with Gasteiger partial charge >= 0.3 is 0 Å². The Hall–Kier alpha value is -3.24. The van der Waals surface area contributed by atoms with Crippen LogP contribution < -0.4 is 16.2 Å². The molecule has 3 aromatic rings. The Bertz CT molecular complexity index is 977. The van der Waals surface area contributed by atoms with Crippen LogP contribution in [0.5, 0.6) is 0 Å². The van der Waals surface area contributed by atoms with Crippen molar-refractivity contribution in [3.63, 3.8) is 0 Å². The van der Waals surface area contributed by atoms with Crippen molar-refractivity contribution in [3.05, 3.63) is 70.3 Å². The van der Waals surface area contributed by atoms with Gasteiger partial charge in [0.25, 0.3) is 5.56 Å². The lowest BCUT2D eigenvalue weighted by Gasteiger charge is -2.09. The standard InChI is InChI=1S/C17H13N5OS/c1-11-8-16(24-22-11)21-15-9-13(6-5-12(15)10-18)20-14-4-2-3-7-19-17(14)23/h2-9,21H,1H3,(H,19,20,23). The van der Waals surface area contributed by atoms with E-state index in [-0.39, 0.29) is 5.56 Å². The summed E-state index contributed by atoms with van der Waals surface area (Å²) in [5.74, 6) is 0. The van der Waals surface area contributed by atoms with Gasteiger partial charge in [-0.3, -0.25) is 4.79 Å².